The average Bonchev–Trinajstić information content (AvgIpc) is 2.45. The number of nitrogens with one attached hydrogen (secondary N) is 1. The van der Waals surface area contributed by atoms with Gasteiger partial charge in [-0.05, 0) is 26.1 Å². The highest BCUT2D eigenvalue weighted by Crippen LogP contribution is 2.34. The number of ether oxygens (including phenoxy) is 2. The number of anilines is 1. The Kier molecular flexibility index (Phi) is 6.78. The van der Waals surface area contributed by atoms with Crippen LogP contribution in [0, 0.1) is 0 Å². The molecule has 0 aliphatic carbocycles. The van der Waals surface area contributed by atoms with Crippen LogP contribution < -0.4 is 15.0 Å². The van der Waals surface area contributed by atoms with Crippen molar-refractivity contribution >= 4 is 5.69 Å². The Morgan fingerprint density at radius 1 is 1.35 bits per heavy atom. The van der Waals surface area contributed by atoms with E-state index in [1.165, 1.54) is 0 Å². The maximum absolute atomic E-state index is 9.88. The summed E-state index contributed by atoms with van der Waals surface area (Å²) in [7, 11) is 7.13. The molecule has 0 fully saturated rings. The Hall–Kier alpha value is -1.30. The zero-order chi connectivity index (χ0) is 15.1. The largest absolute Gasteiger partial charge is 0.496 e. The number of hydrogen-bond donors (Lipinski definition) is 2. The van der Waals surface area contributed by atoms with E-state index in [0.717, 1.165) is 17.0 Å². The smallest absolute Gasteiger partial charge is 0.125 e. The third kappa shape index (κ3) is 4.10. The zero-order valence-electron chi connectivity index (χ0n) is 13.0. The Labute approximate surface area is 121 Å². The van der Waals surface area contributed by atoms with Gasteiger partial charge in [0.15, 0.2) is 0 Å². The summed E-state index contributed by atoms with van der Waals surface area (Å²) in [4.78, 5) is 2.02. The van der Waals surface area contributed by atoms with Gasteiger partial charge in [-0.1, -0.05) is 6.07 Å². The average molecular weight is 282 g/mol. The summed E-state index contributed by atoms with van der Waals surface area (Å²) < 4.78 is 10.4. The number of nitrogens with zero attached hydrogens (tertiary/aromatic N) is 1. The Bertz CT molecular complexity index is 412. The molecule has 0 aliphatic heterocycles. The van der Waals surface area contributed by atoms with E-state index in [1.807, 2.05) is 37.2 Å². The minimum absolute atomic E-state index is 0.156. The lowest BCUT2D eigenvalue weighted by molar-refractivity contribution is 0.0695. The quantitative estimate of drug-likeness (QED) is 0.755. The molecule has 0 aliphatic rings. The molecule has 5 nitrogen and oxygen atoms in total. The van der Waals surface area contributed by atoms with Crippen LogP contribution in [0.25, 0.3) is 0 Å². The highest BCUT2D eigenvalue weighted by atomic mass is 16.5. The Morgan fingerprint density at radius 3 is 2.60 bits per heavy atom. The van der Waals surface area contributed by atoms with Crippen LogP contribution in [0.15, 0.2) is 18.2 Å². The highest BCUT2D eigenvalue weighted by molar-refractivity contribution is 5.60. The number of likely N-dealkylation sites (N-methyl/N-ethyl adjacent to an activating group) is 1. The summed E-state index contributed by atoms with van der Waals surface area (Å²) >= 11 is 0. The fourth-order valence-electron chi connectivity index (χ4n) is 2.28. The number of aliphatic hydroxyl groups is 1. The van der Waals surface area contributed by atoms with E-state index in [1.54, 1.807) is 14.2 Å². The van der Waals surface area contributed by atoms with Gasteiger partial charge in [0, 0.05) is 38.0 Å². The molecular formula is C15H26N2O3. The first-order valence-electron chi connectivity index (χ1n) is 6.77. The van der Waals surface area contributed by atoms with Crippen LogP contribution in [0.5, 0.6) is 5.75 Å². The fraction of sp³-hybridized carbons (Fsp3) is 0.600. The van der Waals surface area contributed by atoms with Gasteiger partial charge in [0.2, 0.25) is 0 Å². The summed E-state index contributed by atoms with van der Waals surface area (Å²) in [6.45, 7) is 2.91. The fourth-order valence-corrected chi connectivity index (χ4v) is 2.28. The molecule has 0 amide bonds. The second kappa shape index (κ2) is 8.09. The second-order valence-corrected chi connectivity index (χ2v) is 4.89. The predicted octanol–water partition coefficient (Wildman–Crippen LogP) is 1.42. The van der Waals surface area contributed by atoms with Crippen LogP contribution in [0.2, 0.25) is 0 Å². The van der Waals surface area contributed by atoms with Gasteiger partial charge in [0.25, 0.3) is 0 Å². The molecule has 1 aromatic carbocycles. The van der Waals surface area contributed by atoms with Crippen molar-refractivity contribution in [3.63, 3.8) is 0 Å². The summed E-state index contributed by atoms with van der Waals surface area (Å²) in [6.07, 6.45) is -0.519. The SMILES string of the molecule is CNC(C)c1c(OC)cccc1N(C)CC(O)COC. The van der Waals surface area contributed by atoms with Crippen LogP contribution in [-0.4, -0.2) is 52.7 Å². The van der Waals surface area contributed by atoms with E-state index in [4.69, 9.17) is 9.47 Å². The van der Waals surface area contributed by atoms with Crippen molar-refractivity contribution in [2.24, 2.45) is 0 Å². The van der Waals surface area contributed by atoms with Gasteiger partial charge < -0.3 is 24.8 Å². The van der Waals surface area contributed by atoms with Crippen molar-refractivity contribution in [1.82, 2.24) is 5.32 Å². The summed E-state index contributed by atoms with van der Waals surface area (Å²) in [6, 6.07) is 6.10. The number of methoxy groups -OCH3 is 2. The first-order valence-corrected chi connectivity index (χ1v) is 6.77. The molecule has 1 rings (SSSR count). The molecule has 1 aromatic rings. The second-order valence-electron chi connectivity index (χ2n) is 4.89. The van der Waals surface area contributed by atoms with Crippen molar-refractivity contribution in [2.75, 3.05) is 46.4 Å². The number of aliphatic hydroxyl groups excluding tert-OH is 1. The van der Waals surface area contributed by atoms with Gasteiger partial charge in [-0.15, -0.1) is 0 Å². The van der Waals surface area contributed by atoms with Crippen LogP contribution in [0.1, 0.15) is 18.5 Å². The molecule has 0 bridgehead atoms. The molecule has 0 saturated heterocycles. The molecule has 2 N–H and O–H groups in total. The predicted molar refractivity (Wildman–Crippen MR) is 81.6 cm³/mol. The molecular weight excluding hydrogens is 256 g/mol. The van der Waals surface area contributed by atoms with Crippen molar-refractivity contribution < 1.29 is 14.6 Å². The zero-order valence-corrected chi connectivity index (χ0v) is 13.0. The van der Waals surface area contributed by atoms with Crippen LogP contribution in [-0.2, 0) is 4.74 Å². The van der Waals surface area contributed by atoms with Crippen molar-refractivity contribution in [3.05, 3.63) is 23.8 Å². The first kappa shape index (κ1) is 16.8. The molecule has 5 heteroatoms. The lowest BCUT2D eigenvalue weighted by Gasteiger charge is -2.28. The van der Waals surface area contributed by atoms with Gasteiger partial charge in [0.05, 0.1) is 19.8 Å². The van der Waals surface area contributed by atoms with Crippen molar-refractivity contribution in [2.45, 2.75) is 19.1 Å². The van der Waals surface area contributed by atoms with E-state index >= 15 is 0 Å². The monoisotopic (exact) mass is 282 g/mol. The van der Waals surface area contributed by atoms with Crippen molar-refractivity contribution in [1.29, 1.82) is 0 Å². The van der Waals surface area contributed by atoms with E-state index in [2.05, 4.69) is 12.2 Å². The molecule has 0 saturated carbocycles. The summed E-state index contributed by atoms with van der Waals surface area (Å²) in [5, 5.41) is 13.1. The van der Waals surface area contributed by atoms with Crippen LogP contribution in [0.4, 0.5) is 5.69 Å². The number of benzene rings is 1. The summed E-state index contributed by atoms with van der Waals surface area (Å²) in [5.74, 6) is 0.845. The van der Waals surface area contributed by atoms with E-state index in [-0.39, 0.29) is 6.04 Å². The van der Waals surface area contributed by atoms with Gasteiger partial charge in [-0.25, -0.2) is 0 Å². The van der Waals surface area contributed by atoms with Gasteiger partial charge in [-0.3, -0.25) is 0 Å². The maximum Gasteiger partial charge on any atom is 0.125 e. The molecule has 0 spiro atoms. The molecule has 0 heterocycles. The van der Waals surface area contributed by atoms with Crippen LogP contribution >= 0.6 is 0 Å². The van der Waals surface area contributed by atoms with Gasteiger partial charge in [0.1, 0.15) is 5.75 Å². The van der Waals surface area contributed by atoms with Crippen LogP contribution in [0.3, 0.4) is 0 Å². The topological polar surface area (TPSA) is 54.0 Å². The molecule has 0 radical (unpaired) electrons. The Balaban J connectivity index is 3.03. The molecule has 2 atom stereocenters. The third-order valence-corrected chi connectivity index (χ3v) is 3.38. The summed E-state index contributed by atoms with van der Waals surface area (Å²) in [5.41, 5.74) is 2.13. The van der Waals surface area contributed by atoms with E-state index < -0.39 is 6.10 Å². The first-order chi connectivity index (χ1) is 9.54. The Morgan fingerprint density at radius 2 is 2.05 bits per heavy atom. The standard InChI is InChI=1S/C15H26N2O3/c1-11(16-2)15-13(7-6-8-14(15)20-5)17(3)9-12(18)10-19-4/h6-8,11-12,16,18H,9-10H2,1-5H3. The lowest BCUT2D eigenvalue weighted by atomic mass is 10.0. The number of hydrogen-bond acceptors (Lipinski definition) is 5. The maximum atomic E-state index is 9.88. The minimum Gasteiger partial charge on any atom is -0.496 e. The molecule has 114 valence electrons. The lowest BCUT2D eigenvalue weighted by Crippen LogP contribution is -2.33. The number of rotatable bonds is 8. The van der Waals surface area contributed by atoms with Gasteiger partial charge >= 0.3 is 0 Å². The van der Waals surface area contributed by atoms with Gasteiger partial charge in [-0.2, -0.15) is 0 Å². The molecule has 2 unspecified atom stereocenters. The van der Waals surface area contributed by atoms with E-state index in [0.29, 0.717) is 13.2 Å². The van der Waals surface area contributed by atoms with E-state index in [9.17, 15) is 5.11 Å². The minimum atomic E-state index is -0.519. The molecule has 0 aromatic heterocycles. The third-order valence-electron chi connectivity index (χ3n) is 3.38. The van der Waals surface area contributed by atoms with Crippen molar-refractivity contribution in [3.8, 4) is 5.75 Å². The normalized spacial score (nSPS) is 13.9. The highest BCUT2D eigenvalue weighted by Gasteiger charge is 2.18. The molecule has 20 heavy (non-hydrogen) atoms.